The zero-order chi connectivity index (χ0) is 24.5. The Morgan fingerprint density at radius 1 is 0.606 bits per heavy atom. The second kappa shape index (κ2) is 24.9. The van der Waals surface area contributed by atoms with Crippen LogP contribution in [0.1, 0.15) is 129 Å². The van der Waals surface area contributed by atoms with Crippen molar-refractivity contribution in [3.8, 4) is 0 Å². The molecule has 0 radical (unpaired) electrons. The smallest absolute Gasteiger partial charge is 0.130 e. The Labute approximate surface area is 208 Å². The molecule has 4 heteroatoms. The van der Waals surface area contributed by atoms with Crippen molar-refractivity contribution in [1.29, 1.82) is 0 Å². The summed E-state index contributed by atoms with van der Waals surface area (Å²) in [7, 11) is 4.64. The van der Waals surface area contributed by atoms with Crippen LogP contribution >= 0.6 is 0 Å². The van der Waals surface area contributed by atoms with E-state index in [9.17, 15) is 0 Å². The van der Waals surface area contributed by atoms with Crippen molar-refractivity contribution in [2.75, 3.05) is 53.6 Å². The molecule has 0 heterocycles. The molecule has 0 amide bonds. The highest BCUT2D eigenvalue weighted by atomic mass is 16.5. The van der Waals surface area contributed by atoms with Crippen LogP contribution in [-0.2, 0) is 9.47 Å². The van der Waals surface area contributed by atoms with Crippen LogP contribution in [0.15, 0.2) is 0 Å². The number of nitrogens with zero attached hydrogens (tertiary/aromatic N) is 1. The predicted octanol–water partition coefficient (Wildman–Crippen LogP) is 7.48. The number of rotatable bonds is 27. The van der Waals surface area contributed by atoms with Gasteiger partial charge in [-0.3, -0.25) is 0 Å². The topological polar surface area (TPSA) is 44.5 Å². The van der Waals surface area contributed by atoms with Crippen molar-refractivity contribution >= 4 is 0 Å². The molecule has 0 aromatic rings. The average Bonchev–Trinajstić information content (AvgIpc) is 2.79. The van der Waals surface area contributed by atoms with Gasteiger partial charge in [0.2, 0.25) is 0 Å². The third-order valence-corrected chi connectivity index (χ3v) is 6.71. The van der Waals surface area contributed by atoms with Gasteiger partial charge in [0.15, 0.2) is 0 Å². The summed E-state index contributed by atoms with van der Waals surface area (Å²) in [5, 5.41) is 0. The molecule has 0 saturated carbocycles. The lowest BCUT2D eigenvalue weighted by molar-refractivity contribution is -0.893. The molecule has 2 N–H and O–H groups in total. The molecular formula is C29H63N2O2+. The minimum absolute atomic E-state index is 0.205. The van der Waals surface area contributed by atoms with Gasteiger partial charge in [-0.05, 0) is 32.2 Å². The van der Waals surface area contributed by atoms with Gasteiger partial charge < -0.3 is 19.7 Å². The van der Waals surface area contributed by atoms with E-state index >= 15 is 0 Å². The van der Waals surface area contributed by atoms with Crippen molar-refractivity contribution in [2.45, 2.75) is 136 Å². The number of likely N-dealkylation sites (N-methyl/N-ethyl adjacent to an activating group) is 1. The number of hydrogen-bond donors (Lipinski definition) is 1. The Hall–Kier alpha value is -0.160. The van der Waals surface area contributed by atoms with Crippen LogP contribution in [-0.4, -0.2) is 64.1 Å². The maximum absolute atomic E-state index is 6.35. The van der Waals surface area contributed by atoms with E-state index in [4.69, 9.17) is 15.2 Å². The van der Waals surface area contributed by atoms with Crippen LogP contribution < -0.4 is 5.73 Å². The van der Waals surface area contributed by atoms with Crippen molar-refractivity contribution < 1.29 is 14.0 Å². The molecule has 4 nitrogen and oxygen atoms in total. The first kappa shape index (κ1) is 32.8. The fourth-order valence-electron chi connectivity index (χ4n) is 4.52. The van der Waals surface area contributed by atoms with E-state index in [-0.39, 0.29) is 6.10 Å². The predicted molar refractivity (Wildman–Crippen MR) is 146 cm³/mol. The fraction of sp³-hybridized carbons (Fsp3) is 1.00. The highest BCUT2D eigenvalue weighted by Crippen LogP contribution is 2.12. The highest BCUT2D eigenvalue weighted by Gasteiger charge is 2.22. The first-order chi connectivity index (χ1) is 16.1. The number of hydrogen-bond acceptors (Lipinski definition) is 3. The summed E-state index contributed by atoms with van der Waals surface area (Å²) in [6, 6.07) is 0. The standard InChI is InChI=1S/C29H63N2O2/c1-5-7-9-11-13-15-17-21-25-32-28-29(27-31(3,4)24-20-19-23-30)33-26-22-18-16-14-12-10-8-6-2/h29H,5-28,30H2,1-4H3/q+1. The third kappa shape index (κ3) is 24.8. The van der Waals surface area contributed by atoms with E-state index in [0.717, 1.165) is 50.4 Å². The normalized spacial score (nSPS) is 13.0. The van der Waals surface area contributed by atoms with Crippen molar-refractivity contribution in [1.82, 2.24) is 0 Å². The third-order valence-electron chi connectivity index (χ3n) is 6.71. The monoisotopic (exact) mass is 471 g/mol. The molecule has 0 aromatic heterocycles. The maximum Gasteiger partial charge on any atom is 0.130 e. The summed E-state index contributed by atoms with van der Waals surface area (Å²) in [6.07, 6.45) is 24.0. The SMILES string of the molecule is CCCCCCCCCCOCC(C[N+](C)(C)CCCCN)OCCCCCCCCCC. The Bertz CT molecular complexity index is 377. The van der Waals surface area contributed by atoms with E-state index < -0.39 is 0 Å². The van der Waals surface area contributed by atoms with Crippen LogP contribution in [0.3, 0.4) is 0 Å². The van der Waals surface area contributed by atoms with Crippen LogP contribution in [0.25, 0.3) is 0 Å². The maximum atomic E-state index is 6.35. The van der Waals surface area contributed by atoms with E-state index in [1.54, 1.807) is 0 Å². The fourth-order valence-corrected chi connectivity index (χ4v) is 4.52. The second-order valence-corrected chi connectivity index (χ2v) is 10.9. The van der Waals surface area contributed by atoms with Gasteiger partial charge in [0, 0.05) is 13.2 Å². The Morgan fingerprint density at radius 3 is 1.61 bits per heavy atom. The first-order valence-electron chi connectivity index (χ1n) is 14.8. The van der Waals surface area contributed by atoms with E-state index in [2.05, 4.69) is 27.9 Å². The molecule has 1 atom stereocenters. The summed E-state index contributed by atoms with van der Waals surface area (Å²) in [5.74, 6) is 0. The Kier molecular flexibility index (Phi) is 24.8. The summed E-state index contributed by atoms with van der Waals surface area (Å²) in [5.41, 5.74) is 5.69. The molecule has 0 aromatic carbocycles. The summed E-state index contributed by atoms with van der Waals surface area (Å²) >= 11 is 0. The molecule has 0 aliphatic carbocycles. The molecule has 1 unspecified atom stereocenters. The Morgan fingerprint density at radius 2 is 1.09 bits per heavy atom. The first-order valence-corrected chi connectivity index (χ1v) is 14.8. The van der Waals surface area contributed by atoms with Crippen molar-refractivity contribution in [3.63, 3.8) is 0 Å². The van der Waals surface area contributed by atoms with Crippen LogP contribution in [0, 0.1) is 0 Å². The number of nitrogens with two attached hydrogens (primary N) is 1. The second-order valence-electron chi connectivity index (χ2n) is 10.9. The summed E-state index contributed by atoms with van der Waals surface area (Å²) < 4.78 is 13.4. The van der Waals surface area contributed by atoms with Gasteiger partial charge in [0.25, 0.3) is 0 Å². The van der Waals surface area contributed by atoms with Gasteiger partial charge in [-0.15, -0.1) is 0 Å². The van der Waals surface area contributed by atoms with Gasteiger partial charge in [-0.1, -0.05) is 104 Å². The van der Waals surface area contributed by atoms with E-state index in [1.165, 1.54) is 109 Å². The van der Waals surface area contributed by atoms with E-state index in [1.807, 2.05) is 0 Å². The van der Waals surface area contributed by atoms with Crippen LogP contribution in [0.4, 0.5) is 0 Å². The molecule has 0 aliphatic rings. The summed E-state index contributed by atoms with van der Waals surface area (Å²) in [6.45, 7) is 10.0. The zero-order valence-electron chi connectivity index (χ0n) is 23.4. The van der Waals surface area contributed by atoms with Crippen LogP contribution in [0.5, 0.6) is 0 Å². The Balaban J connectivity index is 4.07. The zero-order valence-corrected chi connectivity index (χ0v) is 23.4. The minimum atomic E-state index is 0.205. The average molecular weight is 472 g/mol. The van der Waals surface area contributed by atoms with Gasteiger partial charge in [-0.2, -0.15) is 0 Å². The molecule has 0 spiro atoms. The van der Waals surface area contributed by atoms with Gasteiger partial charge in [0.1, 0.15) is 12.6 Å². The lowest BCUT2D eigenvalue weighted by atomic mass is 10.1. The number of unbranched alkanes of at least 4 members (excludes halogenated alkanes) is 15. The van der Waals surface area contributed by atoms with Gasteiger partial charge >= 0.3 is 0 Å². The minimum Gasteiger partial charge on any atom is -0.379 e. The van der Waals surface area contributed by atoms with Gasteiger partial charge in [-0.25, -0.2) is 0 Å². The number of quaternary nitrogens is 1. The van der Waals surface area contributed by atoms with Crippen molar-refractivity contribution in [3.05, 3.63) is 0 Å². The molecule has 0 bridgehead atoms. The highest BCUT2D eigenvalue weighted by molar-refractivity contribution is 4.58. The summed E-state index contributed by atoms with van der Waals surface area (Å²) in [4.78, 5) is 0. The molecule has 0 aliphatic heterocycles. The molecule has 200 valence electrons. The molecule has 33 heavy (non-hydrogen) atoms. The number of ether oxygens (including phenoxy) is 2. The lowest BCUT2D eigenvalue weighted by Gasteiger charge is -2.33. The molecule has 0 fully saturated rings. The molecule has 0 rings (SSSR count). The largest absolute Gasteiger partial charge is 0.379 e. The van der Waals surface area contributed by atoms with E-state index in [0.29, 0.717) is 0 Å². The quantitative estimate of drug-likeness (QED) is 0.0997. The lowest BCUT2D eigenvalue weighted by Crippen LogP contribution is -2.48. The molecule has 0 saturated heterocycles. The van der Waals surface area contributed by atoms with Crippen molar-refractivity contribution in [2.24, 2.45) is 5.73 Å². The molecular weight excluding hydrogens is 408 g/mol. The van der Waals surface area contributed by atoms with Gasteiger partial charge in [0.05, 0.1) is 27.2 Å². The van der Waals surface area contributed by atoms with Crippen LogP contribution in [0.2, 0.25) is 0 Å².